The monoisotopic (exact) mass is 560 g/mol. The molecule has 0 spiro atoms. The molecule has 0 bridgehead atoms. The number of nitrogens with one attached hydrogen (secondary N) is 1. The fourth-order valence-corrected chi connectivity index (χ4v) is 7.24. The number of carbonyl (C=O) groups excluding carboxylic acids is 1. The van der Waals surface area contributed by atoms with Gasteiger partial charge in [0.05, 0.1) is 12.0 Å². The zero-order valence-corrected chi connectivity index (χ0v) is 24.2. The molecule has 1 saturated heterocycles. The van der Waals surface area contributed by atoms with Crippen LogP contribution >= 0.6 is 0 Å². The van der Waals surface area contributed by atoms with Gasteiger partial charge in [0.1, 0.15) is 18.1 Å². The average Bonchev–Trinajstić information content (AvgIpc) is 3.24. The van der Waals surface area contributed by atoms with Crippen molar-refractivity contribution >= 4 is 15.7 Å². The smallest absolute Gasteiger partial charge is 0.265 e. The Labute approximate surface area is 233 Å². The van der Waals surface area contributed by atoms with Crippen LogP contribution in [-0.4, -0.2) is 62.5 Å². The van der Waals surface area contributed by atoms with Gasteiger partial charge in [0.15, 0.2) is 14.6 Å². The molecule has 1 unspecified atom stereocenters. The van der Waals surface area contributed by atoms with Crippen LogP contribution in [0.25, 0.3) is 0 Å². The number of hydrogen-bond donors (Lipinski definition) is 2. The molecule has 0 radical (unpaired) electrons. The van der Waals surface area contributed by atoms with Crippen molar-refractivity contribution in [3.05, 3.63) is 54.1 Å². The number of amides is 1. The van der Waals surface area contributed by atoms with Crippen LogP contribution in [0.1, 0.15) is 70.3 Å². The highest BCUT2D eigenvalue weighted by atomic mass is 32.2. The summed E-state index contributed by atoms with van der Waals surface area (Å²) in [5.41, 5.74) is 2.34. The Kier molecular flexibility index (Phi) is 12.1. The standard InChI is InChI=1S/C30H44N2O6S/c1-3-4-5-8-19-30(29(33)31-34,39(35,36)28-17-15-26(37-2)16-18-28)24-25-11-13-27(14-12-25)38-23-22-32-20-9-6-7-10-21-32/h11-18,34H,3-10,19-24H2,1-2H3,(H,31,33). The van der Waals surface area contributed by atoms with Gasteiger partial charge in [0.2, 0.25) is 0 Å². The molecule has 1 amide bonds. The lowest BCUT2D eigenvalue weighted by Gasteiger charge is -2.31. The number of sulfone groups is 1. The van der Waals surface area contributed by atoms with Crippen LogP contribution in [0.4, 0.5) is 0 Å². The third-order valence-electron chi connectivity index (χ3n) is 7.62. The molecule has 0 saturated carbocycles. The fourth-order valence-electron chi connectivity index (χ4n) is 5.24. The third kappa shape index (κ3) is 8.19. The normalized spacial score (nSPS) is 16.2. The average molecular weight is 561 g/mol. The maximum atomic E-state index is 14.1. The van der Waals surface area contributed by atoms with Gasteiger partial charge in [-0.1, -0.05) is 57.6 Å². The summed E-state index contributed by atoms with van der Waals surface area (Å²) in [5, 5.41) is 9.70. The van der Waals surface area contributed by atoms with Crippen LogP contribution in [0.2, 0.25) is 0 Å². The van der Waals surface area contributed by atoms with Crippen LogP contribution in [0.5, 0.6) is 11.5 Å². The molecule has 3 rings (SSSR count). The first-order valence-electron chi connectivity index (χ1n) is 14.1. The highest BCUT2D eigenvalue weighted by Gasteiger charge is 2.51. The highest BCUT2D eigenvalue weighted by molar-refractivity contribution is 7.93. The molecule has 9 heteroatoms. The number of carbonyl (C=O) groups is 1. The molecular weight excluding hydrogens is 516 g/mol. The van der Waals surface area contributed by atoms with E-state index in [4.69, 9.17) is 9.47 Å². The van der Waals surface area contributed by atoms with Crippen LogP contribution in [0.3, 0.4) is 0 Å². The molecule has 0 aliphatic carbocycles. The van der Waals surface area contributed by atoms with E-state index in [0.29, 0.717) is 30.1 Å². The molecule has 1 fully saturated rings. The number of rotatable bonds is 15. The van der Waals surface area contributed by atoms with Gasteiger partial charge in [-0.15, -0.1) is 0 Å². The predicted molar refractivity (Wildman–Crippen MR) is 152 cm³/mol. The van der Waals surface area contributed by atoms with E-state index in [-0.39, 0.29) is 17.7 Å². The van der Waals surface area contributed by atoms with E-state index in [1.54, 1.807) is 29.7 Å². The summed E-state index contributed by atoms with van der Waals surface area (Å²) in [6, 6.07) is 13.2. The van der Waals surface area contributed by atoms with E-state index >= 15 is 0 Å². The van der Waals surface area contributed by atoms with Crippen LogP contribution in [0.15, 0.2) is 53.4 Å². The van der Waals surface area contributed by atoms with Gasteiger partial charge in [0, 0.05) is 13.0 Å². The number of hydrogen-bond acceptors (Lipinski definition) is 7. The van der Waals surface area contributed by atoms with Crippen molar-refractivity contribution in [3.8, 4) is 11.5 Å². The summed E-state index contributed by atoms with van der Waals surface area (Å²) in [6.07, 6.45) is 8.30. The van der Waals surface area contributed by atoms with Crippen LogP contribution in [0, 0.1) is 0 Å². The SMILES string of the molecule is CCCCCCC(Cc1ccc(OCCN2CCCCCC2)cc1)(C(=O)NO)S(=O)(=O)c1ccc(OC)cc1. The molecule has 1 atom stereocenters. The summed E-state index contributed by atoms with van der Waals surface area (Å²) >= 11 is 0. The maximum absolute atomic E-state index is 14.1. The van der Waals surface area contributed by atoms with E-state index in [9.17, 15) is 18.4 Å². The molecule has 2 aromatic carbocycles. The molecule has 8 nitrogen and oxygen atoms in total. The van der Waals surface area contributed by atoms with Gasteiger partial charge in [-0.3, -0.25) is 14.9 Å². The summed E-state index contributed by atoms with van der Waals surface area (Å²) < 4.78 is 37.4. The third-order valence-corrected chi connectivity index (χ3v) is 10.1. The van der Waals surface area contributed by atoms with Crippen LogP contribution < -0.4 is 15.0 Å². The molecular formula is C30H44N2O6S. The largest absolute Gasteiger partial charge is 0.497 e. The van der Waals surface area contributed by atoms with E-state index < -0.39 is 20.5 Å². The second kappa shape index (κ2) is 15.2. The predicted octanol–water partition coefficient (Wildman–Crippen LogP) is 5.18. The number of benzene rings is 2. The number of nitrogens with zero attached hydrogens (tertiary/aromatic N) is 1. The topological polar surface area (TPSA) is 105 Å². The van der Waals surface area contributed by atoms with Crippen molar-refractivity contribution in [2.24, 2.45) is 0 Å². The van der Waals surface area contributed by atoms with Gasteiger partial charge in [-0.2, -0.15) is 0 Å². The van der Waals surface area contributed by atoms with Gasteiger partial charge >= 0.3 is 0 Å². The number of likely N-dealkylation sites (tertiary alicyclic amines) is 1. The van der Waals surface area contributed by atoms with E-state index in [2.05, 4.69) is 11.8 Å². The Morgan fingerprint density at radius 1 is 0.949 bits per heavy atom. The number of unbranched alkanes of at least 4 members (excludes halogenated alkanes) is 3. The first kappa shape index (κ1) is 30.9. The lowest BCUT2D eigenvalue weighted by Crippen LogP contribution is -2.53. The van der Waals surface area contributed by atoms with E-state index in [0.717, 1.165) is 38.9 Å². The zero-order chi connectivity index (χ0) is 28.1. The summed E-state index contributed by atoms with van der Waals surface area (Å²) in [6.45, 7) is 5.74. The molecule has 0 aromatic heterocycles. The van der Waals surface area contributed by atoms with Crippen molar-refractivity contribution in [1.29, 1.82) is 0 Å². The van der Waals surface area contributed by atoms with Gasteiger partial charge < -0.3 is 9.47 Å². The lowest BCUT2D eigenvalue weighted by molar-refractivity contribution is -0.132. The Bertz CT molecular complexity index is 1110. The Morgan fingerprint density at radius 2 is 1.59 bits per heavy atom. The van der Waals surface area contributed by atoms with Gasteiger partial charge in [-0.25, -0.2) is 13.9 Å². The first-order chi connectivity index (χ1) is 18.9. The molecule has 2 aromatic rings. The van der Waals surface area contributed by atoms with E-state index in [1.165, 1.54) is 44.9 Å². The Balaban J connectivity index is 1.81. The second-order valence-electron chi connectivity index (χ2n) is 10.3. The minimum absolute atomic E-state index is 0.0101. The van der Waals surface area contributed by atoms with Crippen molar-refractivity contribution in [1.82, 2.24) is 10.4 Å². The van der Waals surface area contributed by atoms with Crippen molar-refractivity contribution < 1.29 is 27.9 Å². The van der Waals surface area contributed by atoms with Crippen molar-refractivity contribution in [2.75, 3.05) is 33.4 Å². The molecule has 216 valence electrons. The second-order valence-corrected chi connectivity index (χ2v) is 12.6. The molecule has 39 heavy (non-hydrogen) atoms. The van der Waals surface area contributed by atoms with Crippen molar-refractivity contribution in [2.45, 2.75) is 80.8 Å². The minimum Gasteiger partial charge on any atom is -0.497 e. The zero-order valence-electron chi connectivity index (χ0n) is 23.4. The number of methoxy groups -OCH3 is 1. The molecule has 2 N–H and O–H groups in total. The van der Waals surface area contributed by atoms with Gasteiger partial charge in [-0.05, 0) is 74.3 Å². The Morgan fingerprint density at radius 3 is 2.18 bits per heavy atom. The van der Waals surface area contributed by atoms with Crippen molar-refractivity contribution in [3.63, 3.8) is 0 Å². The summed E-state index contributed by atoms with van der Waals surface area (Å²) in [4.78, 5) is 15.7. The summed E-state index contributed by atoms with van der Waals surface area (Å²) in [5.74, 6) is 0.292. The maximum Gasteiger partial charge on any atom is 0.265 e. The minimum atomic E-state index is -4.19. The number of ether oxygens (including phenoxy) is 2. The lowest BCUT2D eigenvalue weighted by atomic mass is 9.91. The quantitative estimate of drug-likeness (QED) is 0.176. The number of hydroxylamine groups is 1. The van der Waals surface area contributed by atoms with E-state index in [1.807, 2.05) is 12.1 Å². The Hall–Kier alpha value is -2.62. The fraction of sp³-hybridized carbons (Fsp3) is 0.567. The van der Waals surface area contributed by atoms with Gasteiger partial charge in [0.25, 0.3) is 5.91 Å². The molecule has 1 aliphatic rings. The highest BCUT2D eigenvalue weighted by Crippen LogP contribution is 2.36. The molecule has 1 aliphatic heterocycles. The summed E-state index contributed by atoms with van der Waals surface area (Å²) in [7, 11) is -2.69. The van der Waals surface area contributed by atoms with Crippen LogP contribution in [-0.2, 0) is 21.1 Å². The first-order valence-corrected chi connectivity index (χ1v) is 15.6. The molecule has 1 heterocycles.